The molecule has 0 radical (unpaired) electrons. The Kier molecular flexibility index (Phi) is 8.78. The maximum absolute atomic E-state index is 13.4. The minimum atomic E-state index is -3.98. The van der Waals surface area contributed by atoms with E-state index in [0.717, 1.165) is 14.3 Å². The van der Waals surface area contributed by atoms with E-state index in [1.54, 1.807) is 43.5 Å². The van der Waals surface area contributed by atoms with Gasteiger partial charge in [0, 0.05) is 23.1 Å². The number of amides is 1. The van der Waals surface area contributed by atoms with Crippen LogP contribution in [0.5, 0.6) is 5.75 Å². The highest BCUT2D eigenvalue weighted by Crippen LogP contribution is 2.25. The maximum atomic E-state index is 13.4. The van der Waals surface area contributed by atoms with Crippen LogP contribution in [-0.4, -0.2) is 32.3 Å². The van der Waals surface area contributed by atoms with Gasteiger partial charge in [0.2, 0.25) is 15.9 Å². The molecule has 0 aliphatic rings. The molecule has 0 heterocycles. The fraction of sp³-hybridized carbons (Fsp3) is 0.174. The smallest absolute Gasteiger partial charge is 0.243 e. The predicted molar refractivity (Wildman–Crippen MR) is 133 cm³/mol. The van der Waals surface area contributed by atoms with Crippen molar-refractivity contribution in [3.05, 3.63) is 92.4 Å². The molecule has 1 amide bonds. The highest BCUT2D eigenvalue weighted by Gasteiger charge is 2.27. The van der Waals surface area contributed by atoms with Crippen LogP contribution in [0, 0.1) is 0 Å². The highest BCUT2D eigenvalue weighted by atomic mass is 79.9. The van der Waals surface area contributed by atoms with Gasteiger partial charge in [-0.25, -0.2) is 8.42 Å². The first-order chi connectivity index (χ1) is 15.7. The lowest BCUT2D eigenvalue weighted by Crippen LogP contribution is -2.40. The number of para-hydroxylation sites is 1. The van der Waals surface area contributed by atoms with Gasteiger partial charge in [-0.3, -0.25) is 4.79 Å². The summed E-state index contributed by atoms with van der Waals surface area (Å²) in [6.07, 6.45) is 0. The molecule has 1 N–H and O–H groups in total. The van der Waals surface area contributed by atoms with Crippen molar-refractivity contribution in [3.63, 3.8) is 0 Å². The molecule has 0 atom stereocenters. The standard InChI is InChI=1S/C23H21BrCl2N2O4S/c1-32-22-5-3-2-4-17(22)13-27-23(29)15-28(14-16-6-11-20(25)21(26)12-16)33(30,31)19-9-7-18(24)8-10-19/h2-12H,13-15H2,1H3,(H,27,29). The van der Waals surface area contributed by atoms with E-state index in [-0.39, 0.29) is 24.5 Å². The first-order valence-electron chi connectivity index (χ1n) is 9.79. The molecule has 0 fully saturated rings. The van der Waals surface area contributed by atoms with Crippen molar-refractivity contribution < 1.29 is 17.9 Å². The van der Waals surface area contributed by atoms with Gasteiger partial charge in [-0.1, -0.05) is 63.4 Å². The van der Waals surface area contributed by atoms with Crippen LogP contribution in [0.25, 0.3) is 0 Å². The van der Waals surface area contributed by atoms with Gasteiger partial charge in [-0.2, -0.15) is 4.31 Å². The van der Waals surface area contributed by atoms with Gasteiger partial charge in [0.15, 0.2) is 0 Å². The summed E-state index contributed by atoms with van der Waals surface area (Å²) in [5, 5.41) is 3.42. The summed E-state index contributed by atoms with van der Waals surface area (Å²) in [6.45, 7) is -0.243. The van der Waals surface area contributed by atoms with Gasteiger partial charge in [-0.05, 0) is 48.0 Å². The van der Waals surface area contributed by atoms with Gasteiger partial charge in [0.25, 0.3) is 0 Å². The first-order valence-corrected chi connectivity index (χ1v) is 12.8. The van der Waals surface area contributed by atoms with Crippen LogP contribution in [0.1, 0.15) is 11.1 Å². The van der Waals surface area contributed by atoms with Gasteiger partial charge in [0.05, 0.1) is 28.6 Å². The largest absolute Gasteiger partial charge is 0.496 e. The van der Waals surface area contributed by atoms with Crippen molar-refractivity contribution >= 4 is 55.1 Å². The van der Waals surface area contributed by atoms with Crippen molar-refractivity contribution in [3.8, 4) is 5.75 Å². The van der Waals surface area contributed by atoms with Crippen molar-refractivity contribution in [2.45, 2.75) is 18.0 Å². The molecule has 10 heteroatoms. The van der Waals surface area contributed by atoms with Crippen LogP contribution < -0.4 is 10.1 Å². The van der Waals surface area contributed by atoms with E-state index >= 15 is 0 Å². The number of nitrogens with one attached hydrogen (secondary N) is 1. The van der Waals surface area contributed by atoms with Crippen LogP contribution in [-0.2, 0) is 27.9 Å². The minimum Gasteiger partial charge on any atom is -0.496 e. The summed E-state index contributed by atoms with van der Waals surface area (Å²) in [5.41, 5.74) is 1.38. The first kappa shape index (κ1) is 25.5. The molecule has 0 unspecified atom stereocenters. The topological polar surface area (TPSA) is 75.7 Å². The molecule has 0 aliphatic heterocycles. The summed E-state index contributed by atoms with van der Waals surface area (Å²) in [5.74, 6) is 0.176. The van der Waals surface area contributed by atoms with Crippen LogP contribution in [0.3, 0.4) is 0 Å². The zero-order valence-corrected chi connectivity index (χ0v) is 21.5. The third-order valence-electron chi connectivity index (χ3n) is 4.78. The zero-order chi connectivity index (χ0) is 24.0. The second kappa shape index (κ2) is 11.4. The number of hydrogen-bond acceptors (Lipinski definition) is 4. The fourth-order valence-electron chi connectivity index (χ4n) is 3.08. The highest BCUT2D eigenvalue weighted by molar-refractivity contribution is 9.10. The van der Waals surface area contributed by atoms with Gasteiger partial charge in [0.1, 0.15) is 5.75 Å². The molecule has 174 valence electrons. The van der Waals surface area contributed by atoms with Crippen molar-refractivity contribution in [1.82, 2.24) is 9.62 Å². The monoisotopic (exact) mass is 570 g/mol. The van der Waals surface area contributed by atoms with E-state index in [0.29, 0.717) is 21.4 Å². The molecule has 0 saturated heterocycles. The lowest BCUT2D eigenvalue weighted by Gasteiger charge is -2.22. The Morgan fingerprint density at radius 1 is 1.03 bits per heavy atom. The number of methoxy groups -OCH3 is 1. The molecule has 33 heavy (non-hydrogen) atoms. The summed E-state index contributed by atoms with van der Waals surface area (Å²) in [6, 6.07) is 18.3. The number of hydrogen-bond donors (Lipinski definition) is 1. The van der Waals surface area contributed by atoms with Crippen molar-refractivity contribution in [2.75, 3.05) is 13.7 Å². The third kappa shape index (κ3) is 6.71. The van der Waals surface area contributed by atoms with Crippen molar-refractivity contribution in [2.24, 2.45) is 0 Å². The van der Waals surface area contributed by atoms with E-state index in [2.05, 4.69) is 21.2 Å². The number of carbonyl (C=O) groups is 1. The molecule has 3 rings (SSSR count). The van der Waals surface area contributed by atoms with Crippen LogP contribution in [0.15, 0.2) is 76.1 Å². The van der Waals surface area contributed by atoms with Gasteiger partial charge >= 0.3 is 0 Å². The van der Waals surface area contributed by atoms with E-state index in [1.807, 2.05) is 18.2 Å². The molecule has 0 spiro atoms. The molecule has 0 aromatic heterocycles. The van der Waals surface area contributed by atoms with Gasteiger partial charge in [-0.15, -0.1) is 0 Å². The molecule has 0 aliphatic carbocycles. The average Bonchev–Trinajstić information content (AvgIpc) is 2.80. The Hall–Kier alpha value is -2.10. The Morgan fingerprint density at radius 3 is 2.39 bits per heavy atom. The number of carbonyl (C=O) groups excluding carboxylic acids is 1. The lowest BCUT2D eigenvalue weighted by atomic mass is 10.2. The second-order valence-electron chi connectivity index (χ2n) is 7.06. The number of halogens is 3. The molecule has 0 saturated carbocycles. The van der Waals surface area contributed by atoms with Crippen LogP contribution in [0.2, 0.25) is 10.0 Å². The Bertz CT molecular complexity index is 1240. The predicted octanol–water partition coefficient (Wildman–Crippen LogP) is 5.27. The summed E-state index contributed by atoms with van der Waals surface area (Å²) in [4.78, 5) is 12.8. The van der Waals surface area contributed by atoms with Gasteiger partial charge < -0.3 is 10.1 Å². The minimum absolute atomic E-state index is 0.0582. The number of rotatable bonds is 9. The molecule has 6 nitrogen and oxygen atoms in total. The molecule has 3 aromatic carbocycles. The van der Waals surface area contributed by atoms with Crippen LogP contribution >= 0.6 is 39.1 Å². The van der Waals surface area contributed by atoms with E-state index in [4.69, 9.17) is 27.9 Å². The Balaban J connectivity index is 1.83. The fourth-order valence-corrected chi connectivity index (χ4v) is 5.05. The molecule has 0 bridgehead atoms. The summed E-state index contributed by atoms with van der Waals surface area (Å²) < 4.78 is 33.9. The number of benzene rings is 3. The third-order valence-corrected chi connectivity index (χ3v) is 7.86. The summed E-state index contributed by atoms with van der Waals surface area (Å²) >= 11 is 15.4. The van der Waals surface area contributed by atoms with E-state index in [1.165, 1.54) is 12.1 Å². The Labute approximate surface area is 211 Å². The van der Waals surface area contributed by atoms with E-state index < -0.39 is 15.9 Å². The SMILES string of the molecule is COc1ccccc1CNC(=O)CN(Cc1ccc(Cl)c(Cl)c1)S(=O)(=O)c1ccc(Br)cc1. The lowest BCUT2D eigenvalue weighted by molar-refractivity contribution is -0.121. The normalized spacial score (nSPS) is 11.4. The zero-order valence-electron chi connectivity index (χ0n) is 17.6. The quantitative estimate of drug-likeness (QED) is 0.379. The second-order valence-corrected chi connectivity index (χ2v) is 10.7. The van der Waals surface area contributed by atoms with Crippen LogP contribution in [0.4, 0.5) is 0 Å². The Morgan fingerprint density at radius 2 is 1.73 bits per heavy atom. The summed E-state index contributed by atoms with van der Waals surface area (Å²) in [7, 11) is -2.43. The van der Waals surface area contributed by atoms with E-state index in [9.17, 15) is 13.2 Å². The van der Waals surface area contributed by atoms with Crippen molar-refractivity contribution in [1.29, 1.82) is 0 Å². The maximum Gasteiger partial charge on any atom is 0.243 e. The molecular weight excluding hydrogens is 551 g/mol. The number of ether oxygens (including phenoxy) is 1. The molecule has 3 aromatic rings. The number of sulfonamides is 1. The average molecular weight is 572 g/mol. The molecular formula is C23H21BrCl2N2O4S. The number of nitrogens with zero attached hydrogens (tertiary/aromatic N) is 1.